The van der Waals surface area contributed by atoms with E-state index in [4.69, 9.17) is 20.2 Å². The van der Waals surface area contributed by atoms with Crippen molar-refractivity contribution in [2.24, 2.45) is 0 Å². The summed E-state index contributed by atoms with van der Waals surface area (Å²) >= 11 is 0. The van der Waals surface area contributed by atoms with Crippen LogP contribution < -0.4 is 25.8 Å². The van der Waals surface area contributed by atoms with Gasteiger partial charge in [-0.25, -0.2) is 19.3 Å². The van der Waals surface area contributed by atoms with Crippen LogP contribution in [0.5, 0.6) is 11.6 Å². The van der Waals surface area contributed by atoms with Crippen molar-refractivity contribution in [1.29, 1.82) is 0 Å². The number of likely N-dealkylation sites (N-methyl/N-ethyl adjacent to an activating group) is 1. The Bertz CT molecular complexity index is 1610. The molecule has 0 amide bonds. The number of aromatic nitrogens is 3. The highest BCUT2D eigenvalue weighted by molar-refractivity contribution is 5.96. The lowest BCUT2D eigenvalue weighted by atomic mass is 9.89. The van der Waals surface area contributed by atoms with E-state index in [0.29, 0.717) is 58.8 Å². The van der Waals surface area contributed by atoms with Gasteiger partial charge >= 0.3 is 0 Å². The van der Waals surface area contributed by atoms with Gasteiger partial charge in [-0.2, -0.15) is 0 Å². The average molecular weight is 530 g/mol. The molecule has 2 aromatic heterocycles. The SMILES string of the molecule is COc1cc2c(cc1Nc1ncc3c(N)c(F)c(-c4cnc5c(c4C)NCCO5)cc3n1)[C@@H](C)N(C)[C@H](C)C2. The third kappa shape index (κ3) is 4.15. The minimum absolute atomic E-state index is 0.00674. The maximum absolute atomic E-state index is 15.5. The predicted octanol–water partition coefficient (Wildman–Crippen LogP) is 5.22. The highest BCUT2D eigenvalue weighted by Crippen LogP contribution is 2.41. The Kier molecular flexibility index (Phi) is 6.14. The summed E-state index contributed by atoms with van der Waals surface area (Å²) in [6.45, 7) is 7.54. The molecular weight excluding hydrogens is 497 g/mol. The van der Waals surface area contributed by atoms with Crippen LogP contribution in [-0.4, -0.2) is 53.2 Å². The molecule has 0 radical (unpaired) electrons. The quantitative estimate of drug-likeness (QED) is 0.307. The summed E-state index contributed by atoms with van der Waals surface area (Å²) in [6, 6.07) is 6.59. The molecule has 0 bridgehead atoms. The fourth-order valence-corrected chi connectivity index (χ4v) is 5.58. The second-order valence-electron chi connectivity index (χ2n) is 10.3. The molecule has 0 fully saturated rings. The lowest BCUT2D eigenvalue weighted by Crippen LogP contribution is -2.37. The van der Waals surface area contributed by atoms with Gasteiger partial charge in [0.05, 0.1) is 24.0 Å². The molecule has 0 aliphatic carbocycles. The van der Waals surface area contributed by atoms with E-state index in [1.54, 1.807) is 25.6 Å². The van der Waals surface area contributed by atoms with Crippen LogP contribution in [0, 0.1) is 12.7 Å². The average Bonchev–Trinajstić information content (AvgIpc) is 2.94. The molecule has 2 aliphatic rings. The Morgan fingerprint density at radius 3 is 2.79 bits per heavy atom. The van der Waals surface area contributed by atoms with Gasteiger partial charge in [0.15, 0.2) is 5.82 Å². The van der Waals surface area contributed by atoms with Crippen LogP contribution in [0.1, 0.15) is 36.6 Å². The van der Waals surface area contributed by atoms with E-state index in [1.165, 1.54) is 11.1 Å². The predicted molar refractivity (Wildman–Crippen MR) is 151 cm³/mol. The molecular formula is C29H32FN7O2. The number of hydrogen-bond donors (Lipinski definition) is 3. The Labute approximate surface area is 226 Å². The first-order chi connectivity index (χ1) is 18.8. The number of ether oxygens (including phenoxy) is 2. The highest BCUT2D eigenvalue weighted by Gasteiger charge is 2.28. The van der Waals surface area contributed by atoms with Crippen molar-refractivity contribution in [3.8, 4) is 22.8 Å². The lowest BCUT2D eigenvalue weighted by Gasteiger charge is -2.38. The topological polar surface area (TPSA) is 110 Å². The van der Waals surface area contributed by atoms with E-state index in [2.05, 4.69) is 58.5 Å². The number of hydrogen-bond acceptors (Lipinski definition) is 9. The molecule has 39 heavy (non-hydrogen) atoms. The first kappa shape index (κ1) is 25.1. The number of nitrogen functional groups attached to an aromatic ring is 1. The second-order valence-corrected chi connectivity index (χ2v) is 10.3. The molecule has 2 aromatic carbocycles. The number of fused-ring (bicyclic) bond motifs is 3. The van der Waals surface area contributed by atoms with Crippen LogP contribution >= 0.6 is 0 Å². The molecule has 202 valence electrons. The fourth-order valence-electron chi connectivity index (χ4n) is 5.58. The van der Waals surface area contributed by atoms with Gasteiger partial charge < -0.3 is 25.8 Å². The Morgan fingerprint density at radius 1 is 1.18 bits per heavy atom. The van der Waals surface area contributed by atoms with Gasteiger partial charge in [-0.15, -0.1) is 0 Å². The molecule has 4 heterocycles. The van der Waals surface area contributed by atoms with Crippen LogP contribution in [0.25, 0.3) is 22.0 Å². The summed E-state index contributed by atoms with van der Waals surface area (Å²) in [6.07, 6.45) is 4.11. The first-order valence-electron chi connectivity index (χ1n) is 13.1. The zero-order valence-corrected chi connectivity index (χ0v) is 22.7. The van der Waals surface area contributed by atoms with Crippen molar-refractivity contribution in [3.05, 3.63) is 53.1 Å². The third-order valence-electron chi connectivity index (χ3n) is 8.08. The zero-order chi connectivity index (χ0) is 27.4. The molecule has 10 heteroatoms. The Hall–Kier alpha value is -4.18. The fraction of sp³-hybridized carbons (Fsp3) is 0.345. The van der Waals surface area contributed by atoms with Crippen molar-refractivity contribution >= 4 is 33.9 Å². The normalized spacial score (nSPS) is 18.6. The molecule has 4 N–H and O–H groups in total. The van der Waals surface area contributed by atoms with Gasteiger partial charge in [-0.05, 0) is 69.1 Å². The highest BCUT2D eigenvalue weighted by atomic mass is 19.1. The van der Waals surface area contributed by atoms with Crippen LogP contribution in [0.4, 0.5) is 27.4 Å². The number of pyridine rings is 1. The van der Waals surface area contributed by atoms with Crippen LogP contribution in [-0.2, 0) is 6.42 Å². The van der Waals surface area contributed by atoms with E-state index in [9.17, 15) is 0 Å². The Balaban J connectivity index is 1.41. The number of nitrogens with two attached hydrogens (primary N) is 1. The largest absolute Gasteiger partial charge is 0.495 e. The standard InChI is InChI=1S/C29H32FN7O2/c1-14-8-17-9-24(38-5)23(10-18(17)16(3)37(14)4)36-29-34-13-21-22(35-29)11-19(25(30)26(21)31)20-12-33-28-27(15(20)2)32-6-7-39-28/h9-14,16,32H,6-8,31H2,1-5H3,(H,34,35,36)/t14-,16-/m1/s1. The number of methoxy groups -OCH3 is 1. The van der Waals surface area contributed by atoms with Crippen molar-refractivity contribution < 1.29 is 13.9 Å². The van der Waals surface area contributed by atoms with Gasteiger partial charge in [0.1, 0.15) is 18.0 Å². The summed E-state index contributed by atoms with van der Waals surface area (Å²) in [5.41, 5.74) is 12.6. The summed E-state index contributed by atoms with van der Waals surface area (Å²) < 4.78 is 26.9. The zero-order valence-electron chi connectivity index (χ0n) is 22.7. The number of nitrogens with one attached hydrogen (secondary N) is 2. The molecule has 0 saturated carbocycles. The molecule has 0 saturated heterocycles. The number of rotatable bonds is 4. The van der Waals surface area contributed by atoms with Crippen molar-refractivity contribution in [3.63, 3.8) is 0 Å². The molecule has 0 spiro atoms. The number of benzene rings is 2. The molecule has 4 aromatic rings. The minimum atomic E-state index is -0.530. The molecule has 2 atom stereocenters. The number of anilines is 4. The van der Waals surface area contributed by atoms with E-state index < -0.39 is 5.82 Å². The maximum Gasteiger partial charge on any atom is 0.237 e. The summed E-state index contributed by atoms with van der Waals surface area (Å²) in [4.78, 5) is 15.9. The van der Waals surface area contributed by atoms with Crippen molar-refractivity contribution in [2.75, 3.05) is 43.7 Å². The summed E-state index contributed by atoms with van der Waals surface area (Å²) in [5.74, 6) is 1.06. The van der Waals surface area contributed by atoms with Gasteiger partial charge in [0.2, 0.25) is 11.8 Å². The maximum atomic E-state index is 15.5. The summed E-state index contributed by atoms with van der Waals surface area (Å²) in [7, 11) is 3.80. The smallest absolute Gasteiger partial charge is 0.237 e. The van der Waals surface area contributed by atoms with E-state index in [-0.39, 0.29) is 11.7 Å². The molecule has 6 rings (SSSR count). The van der Waals surface area contributed by atoms with Crippen LogP contribution in [0.2, 0.25) is 0 Å². The monoisotopic (exact) mass is 529 g/mol. The van der Waals surface area contributed by atoms with Gasteiger partial charge in [0.25, 0.3) is 0 Å². The van der Waals surface area contributed by atoms with Gasteiger partial charge in [-0.3, -0.25) is 4.90 Å². The first-order valence-corrected chi connectivity index (χ1v) is 13.1. The minimum Gasteiger partial charge on any atom is -0.495 e. The number of nitrogens with zero attached hydrogens (tertiary/aromatic N) is 4. The van der Waals surface area contributed by atoms with Crippen molar-refractivity contribution in [1.82, 2.24) is 19.9 Å². The van der Waals surface area contributed by atoms with E-state index in [1.807, 2.05) is 6.92 Å². The summed E-state index contributed by atoms with van der Waals surface area (Å²) in [5, 5.41) is 7.05. The second kappa shape index (κ2) is 9.53. The van der Waals surface area contributed by atoms with Crippen LogP contribution in [0.3, 0.4) is 0 Å². The van der Waals surface area contributed by atoms with Crippen molar-refractivity contribution in [2.45, 2.75) is 39.3 Å². The third-order valence-corrected chi connectivity index (χ3v) is 8.08. The van der Waals surface area contributed by atoms with Crippen LogP contribution in [0.15, 0.2) is 30.6 Å². The Morgan fingerprint density at radius 2 is 2.00 bits per heavy atom. The number of halogens is 1. The molecule has 9 nitrogen and oxygen atoms in total. The molecule has 2 aliphatic heterocycles. The lowest BCUT2D eigenvalue weighted by molar-refractivity contribution is 0.179. The van der Waals surface area contributed by atoms with Gasteiger partial charge in [0, 0.05) is 47.5 Å². The van der Waals surface area contributed by atoms with E-state index in [0.717, 1.165) is 23.4 Å². The van der Waals surface area contributed by atoms with E-state index >= 15 is 4.39 Å². The van der Waals surface area contributed by atoms with Gasteiger partial charge in [-0.1, -0.05) is 0 Å². The molecule has 0 unspecified atom stereocenters.